The first-order valence-corrected chi connectivity index (χ1v) is 8.15. The van der Waals surface area contributed by atoms with E-state index in [1.54, 1.807) is 19.2 Å². The van der Waals surface area contributed by atoms with Gasteiger partial charge in [-0.05, 0) is 25.0 Å². The Labute approximate surface area is 125 Å². The molecule has 7 heteroatoms. The highest BCUT2D eigenvalue weighted by Gasteiger charge is 2.17. The van der Waals surface area contributed by atoms with Crippen LogP contribution in [-0.2, 0) is 19.5 Å². The highest BCUT2D eigenvalue weighted by Crippen LogP contribution is 2.13. The first-order valence-electron chi connectivity index (χ1n) is 6.67. The zero-order valence-electron chi connectivity index (χ0n) is 12.0. The molecule has 1 N–H and O–H groups in total. The third-order valence-electron chi connectivity index (χ3n) is 2.74. The van der Waals surface area contributed by atoms with Crippen LogP contribution in [0.4, 0.5) is 0 Å². The van der Waals surface area contributed by atoms with Crippen molar-refractivity contribution in [1.82, 2.24) is 4.72 Å². The molecular formula is C14H20N2O4S. The van der Waals surface area contributed by atoms with E-state index < -0.39 is 10.0 Å². The lowest BCUT2D eigenvalue weighted by atomic mass is 10.2. The third kappa shape index (κ3) is 6.23. The van der Waals surface area contributed by atoms with Gasteiger partial charge in [0.25, 0.3) is 0 Å². The normalized spacial score (nSPS) is 11.2. The Hall–Kier alpha value is -1.46. The fraction of sp³-hybridized carbons (Fsp3) is 0.500. The van der Waals surface area contributed by atoms with Gasteiger partial charge in [-0.2, -0.15) is 5.26 Å². The molecule has 0 bridgehead atoms. The van der Waals surface area contributed by atoms with Crippen molar-refractivity contribution in [3.05, 3.63) is 29.8 Å². The lowest BCUT2D eigenvalue weighted by Gasteiger charge is -2.08. The Kier molecular flexibility index (Phi) is 7.93. The number of benzene rings is 1. The van der Waals surface area contributed by atoms with Gasteiger partial charge in [-0.25, -0.2) is 13.1 Å². The molecular weight excluding hydrogens is 292 g/mol. The highest BCUT2D eigenvalue weighted by atomic mass is 32.2. The predicted molar refractivity (Wildman–Crippen MR) is 78.3 cm³/mol. The van der Waals surface area contributed by atoms with E-state index in [0.29, 0.717) is 32.8 Å². The number of unbranched alkanes of at least 4 members (excludes halogenated alkanes) is 1. The van der Waals surface area contributed by atoms with Crippen molar-refractivity contribution < 1.29 is 17.9 Å². The molecule has 0 aliphatic rings. The maximum Gasteiger partial charge on any atom is 0.241 e. The van der Waals surface area contributed by atoms with E-state index in [9.17, 15) is 8.42 Å². The number of ether oxygens (including phenoxy) is 2. The van der Waals surface area contributed by atoms with Crippen LogP contribution >= 0.6 is 0 Å². The van der Waals surface area contributed by atoms with Crippen molar-refractivity contribution in [3.8, 4) is 6.07 Å². The lowest BCUT2D eigenvalue weighted by Crippen LogP contribution is -2.25. The van der Waals surface area contributed by atoms with Gasteiger partial charge in [0.1, 0.15) is 6.07 Å². The standard InChI is InChI=1S/C14H20N2O4S/c1-19-10-11-20-9-5-4-8-16-21(17,18)14-7-3-2-6-13(14)12-15/h2-3,6-7,16H,4-5,8-11H2,1H3. The van der Waals surface area contributed by atoms with E-state index >= 15 is 0 Å². The van der Waals surface area contributed by atoms with Crippen molar-refractivity contribution in [2.75, 3.05) is 33.5 Å². The minimum atomic E-state index is -3.64. The van der Waals surface area contributed by atoms with Crippen LogP contribution in [0.1, 0.15) is 18.4 Å². The van der Waals surface area contributed by atoms with Crippen LogP contribution in [0, 0.1) is 11.3 Å². The van der Waals surface area contributed by atoms with E-state index in [2.05, 4.69) is 4.72 Å². The summed E-state index contributed by atoms with van der Waals surface area (Å²) in [4.78, 5) is 0.0174. The van der Waals surface area contributed by atoms with Crippen LogP contribution in [0.5, 0.6) is 0 Å². The quantitative estimate of drug-likeness (QED) is 0.657. The molecule has 6 nitrogen and oxygen atoms in total. The smallest absolute Gasteiger partial charge is 0.241 e. The maximum absolute atomic E-state index is 12.1. The molecule has 0 spiro atoms. The molecule has 21 heavy (non-hydrogen) atoms. The fourth-order valence-electron chi connectivity index (χ4n) is 1.65. The highest BCUT2D eigenvalue weighted by molar-refractivity contribution is 7.89. The van der Waals surface area contributed by atoms with E-state index in [1.807, 2.05) is 6.07 Å². The zero-order chi connectivity index (χ0) is 15.6. The molecule has 1 aromatic carbocycles. The van der Waals surface area contributed by atoms with Gasteiger partial charge < -0.3 is 9.47 Å². The van der Waals surface area contributed by atoms with Crippen LogP contribution in [0.3, 0.4) is 0 Å². The number of hydrogen-bond acceptors (Lipinski definition) is 5. The second-order valence-electron chi connectivity index (χ2n) is 4.32. The number of nitrogens with one attached hydrogen (secondary N) is 1. The van der Waals surface area contributed by atoms with Crippen molar-refractivity contribution in [3.63, 3.8) is 0 Å². The molecule has 0 fully saturated rings. The Bertz CT molecular complexity index is 567. The Morgan fingerprint density at radius 1 is 1.19 bits per heavy atom. The average molecular weight is 312 g/mol. The van der Waals surface area contributed by atoms with Gasteiger partial charge in [-0.1, -0.05) is 12.1 Å². The fourth-order valence-corrected chi connectivity index (χ4v) is 2.88. The van der Waals surface area contributed by atoms with Crippen LogP contribution in [0.2, 0.25) is 0 Å². The molecule has 0 heterocycles. The number of nitriles is 1. The molecule has 1 aromatic rings. The summed E-state index contributed by atoms with van der Waals surface area (Å²) in [5.74, 6) is 0. The Morgan fingerprint density at radius 3 is 2.67 bits per heavy atom. The van der Waals surface area contributed by atoms with Gasteiger partial charge in [0.05, 0.1) is 23.7 Å². The van der Waals surface area contributed by atoms with Gasteiger partial charge >= 0.3 is 0 Å². The molecule has 1 rings (SSSR count). The molecule has 116 valence electrons. The van der Waals surface area contributed by atoms with E-state index in [1.165, 1.54) is 12.1 Å². The second kappa shape index (κ2) is 9.47. The summed E-state index contributed by atoms with van der Waals surface area (Å²) in [6.45, 7) is 1.98. The lowest BCUT2D eigenvalue weighted by molar-refractivity contribution is 0.0689. The summed E-state index contributed by atoms with van der Waals surface area (Å²) in [6, 6.07) is 8.02. The van der Waals surface area contributed by atoms with Gasteiger partial charge in [-0.15, -0.1) is 0 Å². The SMILES string of the molecule is COCCOCCCCNS(=O)(=O)c1ccccc1C#N. The summed E-state index contributed by atoms with van der Waals surface area (Å²) in [6.07, 6.45) is 1.42. The molecule has 0 unspecified atom stereocenters. The first-order chi connectivity index (χ1) is 10.1. The van der Waals surface area contributed by atoms with Crippen molar-refractivity contribution in [1.29, 1.82) is 5.26 Å². The zero-order valence-corrected chi connectivity index (χ0v) is 12.9. The number of hydrogen-bond donors (Lipinski definition) is 1. The molecule has 0 atom stereocenters. The minimum Gasteiger partial charge on any atom is -0.382 e. The van der Waals surface area contributed by atoms with Gasteiger partial charge in [-0.3, -0.25) is 0 Å². The van der Waals surface area contributed by atoms with Crippen molar-refractivity contribution in [2.45, 2.75) is 17.7 Å². The summed E-state index contributed by atoms with van der Waals surface area (Å²) in [5.41, 5.74) is 0.146. The predicted octanol–water partition coefficient (Wildman–Crippen LogP) is 1.28. The Morgan fingerprint density at radius 2 is 1.95 bits per heavy atom. The molecule has 0 aliphatic heterocycles. The number of nitrogens with zero attached hydrogens (tertiary/aromatic N) is 1. The van der Waals surface area contributed by atoms with E-state index in [0.717, 1.165) is 6.42 Å². The topological polar surface area (TPSA) is 88.4 Å². The van der Waals surface area contributed by atoms with E-state index in [4.69, 9.17) is 14.7 Å². The van der Waals surface area contributed by atoms with Crippen LogP contribution in [0.25, 0.3) is 0 Å². The molecule has 0 amide bonds. The molecule has 0 saturated heterocycles. The molecule has 0 radical (unpaired) electrons. The van der Waals surface area contributed by atoms with Crippen LogP contribution in [0.15, 0.2) is 29.2 Å². The van der Waals surface area contributed by atoms with Crippen LogP contribution < -0.4 is 4.72 Å². The third-order valence-corrected chi connectivity index (χ3v) is 4.26. The van der Waals surface area contributed by atoms with Crippen molar-refractivity contribution >= 4 is 10.0 Å². The van der Waals surface area contributed by atoms with Crippen molar-refractivity contribution in [2.24, 2.45) is 0 Å². The summed E-state index contributed by atoms with van der Waals surface area (Å²) < 4.78 is 36.8. The molecule has 0 aromatic heterocycles. The van der Waals surface area contributed by atoms with Crippen LogP contribution in [-0.4, -0.2) is 41.9 Å². The Balaban J connectivity index is 2.36. The number of rotatable bonds is 10. The largest absolute Gasteiger partial charge is 0.382 e. The summed E-state index contributed by atoms with van der Waals surface area (Å²) in [7, 11) is -2.03. The number of methoxy groups -OCH3 is 1. The number of sulfonamides is 1. The van der Waals surface area contributed by atoms with E-state index in [-0.39, 0.29) is 10.5 Å². The molecule has 0 aliphatic carbocycles. The van der Waals surface area contributed by atoms with Gasteiger partial charge in [0.2, 0.25) is 10.0 Å². The average Bonchev–Trinajstić information content (AvgIpc) is 2.50. The molecule has 0 saturated carbocycles. The monoisotopic (exact) mass is 312 g/mol. The minimum absolute atomic E-state index is 0.0174. The van der Waals surface area contributed by atoms with Gasteiger partial charge in [0.15, 0.2) is 0 Å². The van der Waals surface area contributed by atoms with Gasteiger partial charge in [0, 0.05) is 20.3 Å². The maximum atomic E-state index is 12.1. The summed E-state index contributed by atoms with van der Waals surface area (Å²) in [5, 5.41) is 8.93. The first kappa shape index (κ1) is 17.6. The second-order valence-corrected chi connectivity index (χ2v) is 6.05. The summed E-state index contributed by atoms with van der Waals surface area (Å²) >= 11 is 0.